The predicted octanol–water partition coefficient (Wildman–Crippen LogP) is 4.30. The average Bonchev–Trinajstić information content (AvgIpc) is 2.23. The van der Waals surface area contributed by atoms with Crippen molar-refractivity contribution in [3.8, 4) is 0 Å². The van der Waals surface area contributed by atoms with E-state index in [2.05, 4.69) is 49.4 Å². The lowest BCUT2D eigenvalue weighted by Crippen LogP contribution is -2.29. The Bertz CT molecular complexity index is 369. The summed E-state index contributed by atoms with van der Waals surface area (Å²) in [7, 11) is 0. The molecule has 1 aromatic carbocycles. The third-order valence-electron chi connectivity index (χ3n) is 2.00. The second-order valence-corrected chi connectivity index (χ2v) is 5.54. The molecule has 0 unspecified atom stereocenters. The largest absolute Gasteiger partial charge is 0.362 e. The fourth-order valence-corrected chi connectivity index (χ4v) is 2.49. The van der Waals surface area contributed by atoms with Gasteiger partial charge in [-0.25, -0.2) is 0 Å². The van der Waals surface area contributed by atoms with Gasteiger partial charge in [-0.3, -0.25) is 0 Å². The van der Waals surface area contributed by atoms with Gasteiger partial charge in [-0.15, -0.1) is 0 Å². The van der Waals surface area contributed by atoms with E-state index in [1.807, 2.05) is 18.2 Å². The maximum Gasteiger partial charge on any atom is 0.170 e. The van der Waals surface area contributed by atoms with Crippen molar-refractivity contribution in [2.45, 2.75) is 19.8 Å². The minimum absolute atomic E-state index is 0.663. The molecule has 0 fully saturated rings. The topological polar surface area (TPSA) is 24.1 Å². The first-order valence-corrected chi connectivity index (χ1v) is 7.13. The molecular weight excluding hydrogens is 352 g/mol. The second kappa shape index (κ2) is 7.25. The van der Waals surface area contributed by atoms with Crippen LogP contribution in [0.1, 0.15) is 19.8 Å². The van der Waals surface area contributed by atoms with Gasteiger partial charge in [0.05, 0.1) is 5.69 Å². The minimum Gasteiger partial charge on any atom is -0.362 e. The van der Waals surface area contributed by atoms with E-state index in [0.29, 0.717) is 5.11 Å². The van der Waals surface area contributed by atoms with Crippen molar-refractivity contribution < 1.29 is 0 Å². The van der Waals surface area contributed by atoms with E-state index < -0.39 is 0 Å². The van der Waals surface area contributed by atoms with Crippen LogP contribution < -0.4 is 10.6 Å². The van der Waals surface area contributed by atoms with E-state index in [9.17, 15) is 0 Å². The Balaban J connectivity index is 2.49. The number of nitrogens with one attached hydrogen (secondary N) is 2. The molecule has 0 aliphatic rings. The minimum atomic E-state index is 0.663. The number of rotatable bonds is 4. The Kier molecular flexibility index (Phi) is 6.31. The Morgan fingerprint density at radius 1 is 1.38 bits per heavy atom. The van der Waals surface area contributed by atoms with Crippen molar-refractivity contribution in [3.05, 3.63) is 27.1 Å². The van der Waals surface area contributed by atoms with Crippen molar-refractivity contribution >= 4 is 54.9 Å². The van der Waals surface area contributed by atoms with Gasteiger partial charge in [-0.2, -0.15) is 0 Å². The van der Waals surface area contributed by atoms with Crippen molar-refractivity contribution in [3.63, 3.8) is 0 Å². The molecule has 2 N–H and O–H groups in total. The molecule has 0 aliphatic heterocycles. The summed E-state index contributed by atoms with van der Waals surface area (Å²) < 4.78 is 2.02. The van der Waals surface area contributed by atoms with E-state index in [0.717, 1.165) is 34.0 Å². The highest BCUT2D eigenvalue weighted by Gasteiger charge is 2.02. The van der Waals surface area contributed by atoms with Crippen molar-refractivity contribution in [1.29, 1.82) is 0 Å². The Hall–Kier alpha value is -0.130. The summed E-state index contributed by atoms with van der Waals surface area (Å²) in [5, 5.41) is 6.97. The molecule has 16 heavy (non-hydrogen) atoms. The third kappa shape index (κ3) is 4.80. The van der Waals surface area contributed by atoms with Crippen LogP contribution in [0.4, 0.5) is 5.69 Å². The molecule has 1 rings (SSSR count). The molecule has 0 aliphatic carbocycles. The molecule has 0 heterocycles. The van der Waals surface area contributed by atoms with Crippen LogP contribution >= 0.6 is 44.1 Å². The SMILES string of the molecule is CCCCNC(=S)Nc1ccc(Br)cc1Br. The normalized spacial score (nSPS) is 9.94. The molecule has 2 nitrogen and oxygen atoms in total. The summed E-state index contributed by atoms with van der Waals surface area (Å²) in [6.07, 6.45) is 2.29. The lowest BCUT2D eigenvalue weighted by molar-refractivity contribution is 0.758. The Morgan fingerprint density at radius 3 is 2.75 bits per heavy atom. The molecule has 5 heteroatoms. The monoisotopic (exact) mass is 364 g/mol. The van der Waals surface area contributed by atoms with Gasteiger partial charge in [-0.1, -0.05) is 29.3 Å². The van der Waals surface area contributed by atoms with Crippen LogP contribution in [0.2, 0.25) is 0 Å². The van der Waals surface area contributed by atoms with Gasteiger partial charge in [0.15, 0.2) is 5.11 Å². The van der Waals surface area contributed by atoms with E-state index >= 15 is 0 Å². The first-order chi connectivity index (χ1) is 7.63. The highest BCUT2D eigenvalue weighted by Crippen LogP contribution is 2.25. The summed E-state index contributed by atoms with van der Waals surface area (Å²) in [5.41, 5.74) is 0.970. The van der Waals surface area contributed by atoms with Gasteiger partial charge in [-0.05, 0) is 52.8 Å². The molecule has 0 radical (unpaired) electrons. The van der Waals surface area contributed by atoms with Gasteiger partial charge in [0.25, 0.3) is 0 Å². The zero-order valence-electron chi connectivity index (χ0n) is 9.02. The summed E-state index contributed by atoms with van der Waals surface area (Å²) in [4.78, 5) is 0. The Morgan fingerprint density at radius 2 is 2.12 bits per heavy atom. The van der Waals surface area contributed by atoms with Gasteiger partial charge in [0.2, 0.25) is 0 Å². The van der Waals surface area contributed by atoms with Gasteiger partial charge in [0, 0.05) is 15.5 Å². The first kappa shape index (κ1) is 13.9. The average molecular weight is 366 g/mol. The molecule has 88 valence electrons. The molecule has 0 atom stereocenters. The summed E-state index contributed by atoms with van der Waals surface area (Å²) >= 11 is 12.1. The maximum atomic E-state index is 5.19. The lowest BCUT2D eigenvalue weighted by atomic mass is 10.3. The molecule has 0 bridgehead atoms. The van der Waals surface area contributed by atoms with Crippen LogP contribution in [0.15, 0.2) is 27.1 Å². The number of unbranched alkanes of at least 4 members (excludes halogenated alkanes) is 1. The fraction of sp³-hybridized carbons (Fsp3) is 0.364. The van der Waals surface area contributed by atoms with Crippen molar-refractivity contribution in [2.24, 2.45) is 0 Å². The molecule has 0 saturated carbocycles. The van der Waals surface area contributed by atoms with Crippen molar-refractivity contribution in [1.82, 2.24) is 5.32 Å². The number of benzene rings is 1. The van der Waals surface area contributed by atoms with Gasteiger partial charge in [0.1, 0.15) is 0 Å². The van der Waals surface area contributed by atoms with E-state index in [1.165, 1.54) is 0 Å². The predicted molar refractivity (Wildman–Crippen MR) is 81.0 cm³/mol. The summed E-state index contributed by atoms with van der Waals surface area (Å²) in [6, 6.07) is 5.93. The highest BCUT2D eigenvalue weighted by molar-refractivity contribution is 9.11. The van der Waals surface area contributed by atoms with Crippen LogP contribution in [0.5, 0.6) is 0 Å². The Labute approximate surface area is 118 Å². The number of hydrogen-bond donors (Lipinski definition) is 2. The second-order valence-electron chi connectivity index (χ2n) is 3.36. The number of hydrogen-bond acceptors (Lipinski definition) is 1. The molecule has 0 spiro atoms. The molecule has 0 amide bonds. The lowest BCUT2D eigenvalue weighted by Gasteiger charge is -2.11. The third-order valence-corrected chi connectivity index (χ3v) is 3.39. The zero-order valence-corrected chi connectivity index (χ0v) is 13.0. The van der Waals surface area contributed by atoms with Crippen LogP contribution in [0.3, 0.4) is 0 Å². The molecular formula is C11H14Br2N2S. The van der Waals surface area contributed by atoms with Crippen LogP contribution in [0.25, 0.3) is 0 Å². The van der Waals surface area contributed by atoms with E-state index in [1.54, 1.807) is 0 Å². The fourth-order valence-electron chi connectivity index (χ4n) is 1.14. The van der Waals surface area contributed by atoms with E-state index in [4.69, 9.17) is 12.2 Å². The standard InChI is InChI=1S/C11H14Br2N2S/c1-2-3-6-14-11(16)15-10-5-4-8(12)7-9(10)13/h4-5,7H,2-3,6H2,1H3,(H2,14,15,16). The number of thiocarbonyl (C=S) groups is 1. The van der Waals surface area contributed by atoms with Crippen LogP contribution in [-0.2, 0) is 0 Å². The molecule has 1 aromatic rings. The van der Waals surface area contributed by atoms with Gasteiger partial charge < -0.3 is 10.6 Å². The smallest absolute Gasteiger partial charge is 0.170 e. The van der Waals surface area contributed by atoms with Crippen LogP contribution in [0, 0.1) is 0 Å². The van der Waals surface area contributed by atoms with Crippen molar-refractivity contribution in [2.75, 3.05) is 11.9 Å². The quantitative estimate of drug-likeness (QED) is 0.614. The summed E-state index contributed by atoms with van der Waals surface area (Å²) in [5.74, 6) is 0. The van der Waals surface area contributed by atoms with Gasteiger partial charge >= 0.3 is 0 Å². The zero-order chi connectivity index (χ0) is 12.0. The summed E-state index contributed by atoms with van der Waals surface area (Å²) in [6.45, 7) is 3.07. The maximum absolute atomic E-state index is 5.19. The van der Waals surface area contributed by atoms with Crippen LogP contribution in [-0.4, -0.2) is 11.7 Å². The van der Waals surface area contributed by atoms with E-state index in [-0.39, 0.29) is 0 Å². The highest BCUT2D eigenvalue weighted by atomic mass is 79.9. The number of anilines is 1. The molecule has 0 saturated heterocycles. The number of halogens is 2. The first-order valence-electron chi connectivity index (χ1n) is 5.13. The molecule has 0 aromatic heterocycles.